The van der Waals surface area contributed by atoms with Crippen LogP contribution in [0.2, 0.25) is 0 Å². The van der Waals surface area contributed by atoms with Crippen LogP contribution in [0, 0.1) is 6.92 Å². The van der Waals surface area contributed by atoms with E-state index in [0.29, 0.717) is 11.5 Å². The smallest absolute Gasteiger partial charge is 0.262 e. The summed E-state index contributed by atoms with van der Waals surface area (Å²) < 4.78 is 28.1. The van der Waals surface area contributed by atoms with E-state index in [4.69, 9.17) is 0 Å². The molecule has 0 fully saturated rings. The van der Waals surface area contributed by atoms with Gasteiger partial charge in [-0.3, -0.25) is 4.72 Å². The summed E-state index contributed by atoms with van der Waals surface area (Å²) in [4.78, 5) is 4.16. The minimum absolute atomic E-state index is 0.163. The van der Waals surface area contributed by atoms with Gasteiger partial charge in [0.25, 0.3) is 10.0 Å². The number of halogens is 1. The largest absolute Gasteiger partial charge is 0.373 e. The molecule has 0 saturated heterocycles. The number of rotatable bonds is 4. The van der Waals surface area contributed by atoms with Crippen molar-refractivity contribution in [1.82, 2.24) is 4.98 Å². The average Bonchev–Trinajstić information content (AvgIpc) is 2.44. The van der Waals surface area contributed by atoms with Crippen LogP contribution < -0.4 is 10.0 Å². The van der Waals surface area contributed by atoms with Crippen molar-refractivity contribution >= 4 is 37.5 Å². The average molecular weight is 356 g/mol. The van der Waals surface area contributed by atoms with Crippen LogP contribution in [0.1, 0.15) is 5.56 Å². The van der Waals surface area contributed by atoms with E-state index in [2.05, 4.69) is 31.0 Å². The molecule has 1 aromatic heterocycles. The lowest BCUT2D eigenvalue weighted by atomic mass is 10.2. The standard InChI is InChI=1S/C13H14BrN3O2S/c1-9-11(14)4-3-5-12(9)17-20(18,19)10-6-7-16-13(8-10)15-2/h3-8,17H,1-2H3,(H,15,16). The van der Waals surface area contributed by atoms with Gasteiger partial charge in [-0.1, -0.05) is 22.0 Å². The maximum absolute atomic E-state index is 12.4. The van der Waals surface area contributed by atoms with Crippen LogP contribution in [0.3, 0.4) is 0 Å². The van der Waals surface area contributed by atoms with Crippen molar-refractivity contribution in [2.45, 2.75) is 11.8 Å². The van der Waals surface area contributed by atoms with Gasteiger partial charge in [-0.2, -0.15) is 0 Å². The van der Waals surface area contributed by atoms with Crippen molar-refractivity contribution < 1.29 is 8.42 Å². The predicted octanol–water partition coefficient (Wildman–Crippen LogP) is 3.00. The van der Waals surface area contributed by atoms with Crippen molar-refractivity contribution in [3.8, 4) is 0 Å². The molecule has 1 aromatic carbocycles. The lowest BCUT2D eigenvalue weighted by Gasteiger charge is -2.12. The van der Waals surface area contributed by atoms with Crippen LogP contribution in [0.4, 0.5) is 11.5 Å². The first-order valence-electron chi connectivity index (χ1n) is 5.86. The summed E-state index contributed by atoms with van der Waals surface area (Å²) in [6.45, 7) is 1.84. The summed E-state index contributed by atoms with van der Waals surface area (Å²) in [5.74, 6) is 0.499. The first-order chi connectivity index (χ1) is 9.44. The minimum atomic E-state index is -3.64. The van der Waals surface area contributed by atoms with Crippen LogP contribution in [0.5, 0.6) is 0 Å². The summed E-state index contributed by atoms with van der Waals surface area (Å²) in [7, 11) is -1.95. The van der Waals surface area contributed by atoms with Crippen LogP contribution in [-0.4, -0.2) is 20.4 Å². The Morgan fingerprint density at radius 2 is 2.00 bits per heavy atom. The number of pyridine rings is 1. The van der Waals surface area contributed by atoms with Gasteiger partial charge < -0.3 is 5.32 Å². The minimum Gasteiger partial charge on any atom is -0.373 e. The van der Waals surface area contributed by atoms with Gasteiger partial charge in [0.15, 0.2) is 0 Å². The predicted molar refractivity (Wildman–Crippen MR) is 83.5 cm³/mol. The van der Waals surface area contributed by atoms with Crippen molar-refractivity contribution in [3.63, 3.8) is 0 Å². The number of aromatic nitrogens is 1. The van der Waals surface area contributed by atoms with Crippen molar-refractivity contribution in [1.29, 1.82) is 0 Å². The third-order valence-corrected chi connectivity index (χ3v) is 5.03. The second-order valence-electron chi connectivity index (χ2n) is 4.14. The fourth-order valence-corrected chi connectivity index (χ4v) is 3.14. The molecule has 0 radical (unpaired) electrons. The Kier molecular flexibility index (Phi) is 4.29. The van der Waals surface area contributed by atoms with Gasteiger partial charge in [0.1, 0.15) is 5.82 Å². The zero-order chi connectivity index (χ0) is 14.8. The fraction of sp³-hybridized carbons (Fsp3) is 0.154. The molecule has 0 aliphatic heterocycles. The SMILES string of the molecule is CNc1cc(S(=O)(=O)Nc2cccc(Br)c2C)ccn1. The second kappa shape index (κ2) is 5.80. The Labute approximate surface area is 126 Å². The number of benzene rings is 1. The molecule has 0 spiro atoms. The third kappa shape index (κ3) is 3.10. The highest BCUT2D eigenvalue weighted by Gasteiger charge is 2.16. The normalized spacial score (nSPS) is 11.2. The monoisotopic (exact) mass is 355 g/mol. The molecule has 2 rings (SSSR count). The molecule has 0 aliphatic rings. The first-order valence-corrected chi connectivity index (χ1v) is 8.13. The lowest BCUT2D eigenvalue weighted by Crippen LogP contribution is -2.14. The van der Waals surface area contributed by atoms with E-state index in [0.717, 1.165) is 10.0 Å². The van der Waals surface area contributed by atoms with Gasteiger partial charge in [-0.05, 0) is 30.7 Å². The molecular weight excluding hydrogens is 342 g/mol. The molecule has 0 saturated carbocycles. The van der Waals surface area contributed by atoms with Crippen LogP contribution in [0.25, 0.3) is 0 Å². The first kappa shape index (κ1) is 14.8. The zero-order valence-electron chi connectivity index (χ0n) is 11.0. The fourth-order valence-electron chi connectivity index (χ4n) is 1.64. The highest BCUT2D eigenvalue weighted by atomic mass is 79.9. The Hall–Kier alpha value is -1.60. The summed E-state index contributed by atoms with van der Waals surface area (Å²) in [5.41, 5.74) is 1.38. The summed E-state index contributed by atoms with van der Waals surface area (Å²) in [6, 6.07) is 8.29. The number of hydrogen-bond donors (Lipinski definition) is 2. The molecule has 20 heavy (non-hydrogen) atoms. The van der Waals surface area contributed by atoms with Crippen molar-refractivity contribution in [2.24, 2.45) is 0 Å². The van der Waals surface area contributed by atoms with Crippen molar-refractivity contribution in [3.05, 3.63) is 46.6 Å². The number of anilines is 2. The van der Waals surface area contributed by atoms with E-state index in [1.165, 1.54) is 18.3 Å². The molecule has 1 heterocycles. The Balaban J connectivity index is 2.38. The Morgan fingerprint density at radius 3 is 2.70 bits per heavy atom. The van der Waals surface area contributed by atoms with E-state index in [-0.39, 0.29) is 4.90 Å². The molecule has 7 heteroatoms. The van der Waals surface area contributed by atoms with E-state index >= 15 is 0 Å². The van der Waals surface area contributed by atoms with Crippen molar-refractivity contribution in [2.75, 3.05) is 17.1 Å². The third-order valence-electron chi connectivity index (χ3n) is 2.81. The Morgan fingerprint density at radius 1 is 1.25 bits per heavy atom. The van der Waals surface area contributed by atoms with Gasteiger partial charge in [0, 0.05) is 23.8 Å². The molecule has 0 aliphatic carbocycles. The van der Waals surface area contributed by atoms with Gasteiger partial charge in [0.05, 0.1) is 10.6 Å². The molecule has 0 bridgehead atoms. The van der Waals surface area contributed by atoms with Crippen LogP contribution in [-0.2, 0) is 10.0 Å². The molecule has 0 atom stereocenters. The van der Waals surface area contributed by atoms with E-state index in [1.54, 1.807) is 19.2 Å². The quantitative estimate of drug-likeness (QED) is 0.884. The molecule has 5 nitrogen and oxygen atoms in total. The lowest BCUT2D eigenvalue weighted by molar-refractivity contribution is 0.601. The molecule has 106 valence electrons. The summed E-state index contributed by atoms with van der Waals surface area (Å²) in [6.07, 6.45) is 1.45. The zero-order valence-corrected chi connectivity index (χ0v) is 13.4. The van der Waals surface area contributed by atoms with Gasteiger partial charge in [-0.15, -0.1) is 0 Å². The highest BCUT2D eigenvalue weighted by molar-refractivity contribution is 9.10. The van der Waals surface area contributed by atoms with Crippen LogP contribution in [0.15, 0.2) is 45.9 Å². The molecular formula is C13H14BrN3O2S. The van der Waals surface area contributed by atoms with Gasteiger partial charge >= 0.3 is 0 Å². The van der Waals surface area contributed by atoms with Crippen LogP contribution >= 0.6 is 15.9 Å². The topological polar surface area (TPSA) is 71.1 Å². The number of hydrogen-bond acceptors (Lipinski definition) is 4. The highest BCUT2D eigenvalue weighted by Crippen LogP contribution is 2.26. The van der Waals surface area contributed by atoms with Gasteiger partial charge in [0.2, 0.25) is 0 Å². The number of nitrogens with zero attached hydrogens (tertiary/aromatic N) is 1. The van der Waals surface area contributed by atoms with E-state index in [9.17, 15) is 8.42 Å². The Bertz CT molecular complexity index is 732. The molecule has 2 aromatic rings. The molecule has 0 amide bonds. The number of sulfonamides is 1. The van der Waals surface area contributed by atoms with E-state index < -0.39 is 10.0 Å². The van der Waals surface area contributed by atoms with E-state index in [1.807, 2.05) is 13.0 Å². The second-order valence-corrected chi connectivity index (χ2v) is 6.68. The molecule has 2 N–H and O–H groups in total. The van der Waals surface area contributed by atoms with Gasteiger partial charge in [-0.25, -0.2) is 13.4 Å². The maximum Gasteiger partial charge on any atom is 0.262 e. The summed E-state index contributed by atoms with van der Waals surface area (Å²) in [5, 5.41) is 2.81. The maximum atomic E-state index is 12.4. The summed E-state index contributed by atoms with van der Waals surface area (Å²) >= 11 is 3.38. The number of nitrogens with one attached hydrogen (secondary N) is 2. The molecule has 0 unspecified atom stereocenters.